The van der Waals surface area contributed by atoms with Crippen LogP contribution in [0.3, 0.4) is 0 Å². The highest BCUT2D eigenvalue weighted by Crippen LogP contribution is 2.38. The summed E-state index contributed by atoms with van der Waals surface area (Å²) in [6.07, 6.45) is 1.17. The van der Waals surface area contributed by atoms with E-state index in [1.807, 2.05) is 32.9 Å². The Bertz CT molecular complexity index is 1100. The molecule has 0 aliphatic carbocycles. The number of aromatic nitrogens is 1. The lowest BCUT2D eigenvalue weighted by Crippen LogP contribution is -2.02. The van der Waals surface area contributed by atoms with Gasteiger partial charge in [0.15, 0.2) is 33.7 Å². The summed E-state index contributed by atoms with van der Waals surface area (Å²) in [5.74, 6) is 2.67. The van der Waals surface area contributed by atoms with Crippen LogP contribution in [0.5, 0.6) is 17.2 Å². The summed E-state index contributed by atoms with van der Waals surface area (Å²) >= 11 is 0. The van der Waals surface area contributed by atoms with Gasteiger partial charge >= 0.3 is 0 Å². The fraction of sp³-hybridized carbons (Fsp3) is 0.318. The summed E-state index contributed by atoms with van der Waals surface area (Å²) in [5, 5.41) is 0. The van der Waals surface area contributed by atoms with Crippen LogP contribution in [0.2, 0.25) is 0 Å². The van der Waals surface area contributed by atoms with Gasteiger partial charge in [0, 0.05) is 11.8 Å². The van der Waals surface area contributed by atoms with Crippen molar-refractivity contribution in [3.63, 3.8) is 0 Å². The first-order valence-electron chi connectivity index (χ1n) is 9.61. The quantitative estimate of drug-likeness (QED) is 0.495. The minimum absolute atomic E-state index is 0.109. The first-order chi connectivity index (χ1) is 14.3. The number of benzene rings is 2. The molecule has 1 aromatic heterocycles. The van der Waals surface area contributed by atoms with Gasteiger partial charge in [0.05, 0.1) is 23.8 Å². The molecule has 7 nitrogen and oxygen atoms in total. The zero-order chi connectivity index (χ0) is 21.7. The van der Waals surface area contributed by atoms with E-state index in [0.29, 0.717) is 47.8 Å². The second-order valence-electron chi connectivity index (χ2n) is 6.56. The van der Waals surface area contributed by atoms with Crippen LogP contribution in [0.4, 0.5) is 0 Å². The lowest BCUT2D eigenvalue weighted by atomic mass is 10.1. The van der Waals surface area contributed by atoms with Crippen molar-refractivity contribution in [2.75, 3.05) is 19.5 Å². The van der Waals surface area contributed by atoms with E-state index in [-0.39, 0.29) is 11.5 Å². The number of ether oxygens (including phenoxy) is 3. The van der Waals surface area contributed by atoms with Gasteiger partial charge in [-0.15, -0.1) is 0 Å². The minimum Gasteiger partial charge on any atom is -0.490 e. The Morgan fingerprint density at radius 1 is 0.933 bits per heavy atom. The summed E-state index contributed by atoms with van der Waals surface area (Å²) in [5.41, 5.74) is 1.43. The van der Waals surface area contributed by atoms with Gasteiger partial charge in [0.2, 0.25) is 11.6 Å². The second kappa shape index (κ2) is 9.21. The van der Waals surface area contributed by atoms with Crippen molar-refractivity contribution in [1.29, 1.82) is 0 Å². The smallest absolute Gasteiger partial charge is 0.233 e. The highest BCUT2D eigenvalue weighted by Gasteiger charge is 2.16. The molecule has 0 aliphatic rings. The van der Waals surface area contributed by atoms with Crippen molar-refractivity contribution < 1.29 is 27.0 Å². The topological polar surface area (TPSA) is 87.9 Å². The molecule has 30 heavy (non-hydrogen) atoms. The molecule has 0 amide bonds. The average Bonchev–Trinajstić information content (AvgIpc) is 3.08. The van der Waals surface area contributed by atoms with Crippen LogP contribution >= 0.6 is 0 Å². The molecule has 0 unspecified atom stereocenters. The number of sulfone groups is 1. The third kappa shape index (κ3) is 4.94. The summed E-state index contributed by atoms with van der Waals surface area (Å²) in [6, 6.07) is 12.0. The minimum atomic E-state index is -3.25. The molecule has 0 aliphatic heterocycles. The molecule has 3 rings (SSSR count). The summed E-state index contributed by atoms with van der Waals surface area (Å²) in [6.45, 7) is 6.73. The number of para-hydroxylation sites is 1. The molecule has 0 saturated carbocycles. The molecule has 0 fully saturated rings. The Morgan fingerprint density at radius 3 is 2.17 bits per heavy atom. The van der Waals surface area contributed by atoms with Crippen LogP contribution in [0.1, 0.15) is 25.4 Å². The van der Waals surface area contributed by atoms with Crippen LogP contribution in [0.15, 0.2) is 51.8 Å². The molecule has 2 aromatic carbocycles. The molecule has 0 N–H and O–H groups in total. The van der Waals surface area contributed by atoms with E-state index < -0.39 is 9.84 Å². The maximum Gasteiger partial charge on any atom is 0.233 e. The SMILES string of the molecule is CCOc1cccc(OCc2nc(C)c(-c3ccc(S(C)(=O)=O)cc3)o2)c1OCC. The van der Waals surface area contributed by atoms with Crippen LogP contribution < -0.4 is 14.2 Å². The zero-order valence-corrected chi connectivity index (χ0v) is 18.3. The van der Waals surface area contributed by atoms with E-state index in [2.05, 4.69) is 4.98 Å². The lowest BCUT2D eigenvalue weighted by molar-refractivity contribution is 0.232. The molecule has 8 heteroatoms. The van der Waals surface area contributed by atoms with Crippen molar-refractivity contribution in [3.8, 4) is 28.6 Å². The Balaban J connectivity index is 1.79. The van der Waals surface area contributed by atoms with Crippen molar-refractivity contribution in [3.05, 3.63) is 54.0 Å². The standard InChI is InChI=1S/C22H25NO6S/c1-5-26-18-8-7-9-19(22(18)27-6-2)28-14-20-23-15(3)21(29-20)16-10-12-17(13-11-16)30(4,24)25/h7-13H,5-6,14H2,1-4H3. The maximum atomic E-state index is 11.6. The van der Waals surface area contributed by atoms with E-state index in [9.17, 15) is 8.42 Å². The van der Waals surface area contributed by atoms with Crippen LogP contribution in [-0.4, -0.2) is 32.9 Å². The van der Waals surface area contributed by atoms with E-state index >= 15 is 0 Å². The molecule has 0 spiro atoms. The number of oxazole rings is 1. The van der Waals surface area contributed by atoms with Crippen LogP contribution in [0.25, 0.3) is 11.3 Å². The molecule has 3 aromatic rings. The van der Waals surface area contributed by atoms with E-state index in [1.54, 1.807) is 30.3 Å². The second-order valence-corrected chi connectivity index (χ2v) is 8.57. The molecule has 0 bridgehead atoms. The fourth-order valence-corrected chi connectivity index (χ4v) is 3.57. The van der Waals surface area contributed by atoms with Crippen LogP contribution in [0, 0.1) is 6.92 Å². The van der Waals surface area contributed by atoms with Crippen molar-refractivity contribution in [1.82, 2.24) is 4.98 Å². The summed E-state index contributed by atoms with van der Waals surface area (Å²) in [7, 11) is -3.25. The number of aryl methyl sites for hydroxylation is 1. The van der Waals surface area contributed by atoms with E-state index in [0.717, 1.165) is 5.56 Å². The Labute approximate surface area is 176 Å². The third-order valence-electron chi connectivity index (χ3n) is 4.27. The molecule has 0 saturated heterocycles. The zero-order valence-electron chi connectivity index (χ0n) is 17.5. The van der Waals surface area contributed by atoms with Gasteiger partial charge in [-0.05, 0) is 57.2 Å². The third-order valence-corrected chi connectivity index (χ3v) is 5.40. The summed E-state index contributed by atoms with van der Waals surface area (Å²) in [4.78, 5) is 4.68. The first-order valence-corrected chi connectivity index (χ1v) is 11.5. The molecule has 1 heterocycles. The van der Waals surface area contributed by atoms with E-state index in [4.69, 9.17) is 18.6 Å². The monoisotopic (exact) mass is 431 g/mol. The molecular weight excluding hydrogens is 406 g/mol. The van der Waals surface area contributed by atoms with Crippen molar-refractivity contribution in [2.45, 2.75) is 32.3 Å². The van der Waals surface area contributed by atoms with Gasteiger partial charge in [-0.1, -0.05) is 6.07 Å². The largest absolute Gasteiger partial charge is 0.490 e. The van der Waals surface area contributed by atoms with Crippen molar-refractivity contribution in [2.24, 2.45) is 0 Å². The average molecular weight is 432 g/mol. The number of hydrogen-bond acceptors (Lipinski definition) is 7. The van der Waals surface area contributed by atoms with Gasteiger partial charge in [-0.25, -0.2) is 13.4 Å². The fourth-order valence-electron chi connectivity index (χ4n) is 2.94. The molecule has 160 valence electrons. The lowest BCUT2D eigenvalue weighted by Gasteiger charge is -2.14. The van der Waals surface area contributed by atoms with Gasteiger partial charge < -0.3 is 18.6 Å². The summed E-state index contributed by atoms with van der Waals surface area (Å²) < 4.78 is 46.3. The maximum absolute atomic E-state index is 11.6. The van der Waals surface area contributed by atoms with Gasteiger partial charge in [-0.2, -0.15) is 0 Å². The highest BCUT2D eigenvalue weighted by atomic mass is 32.2. The van der Waals surface area contributed by atoms with Crippen molar-refractivity contribution >= 4 is 9.84 Å². The predicted octanol–water partition coefficient (Wildman–Crippen LogP) is 4.43. The normalized spacial score (nSPS) is 11.3. The molecule has 0 radical (unpaired) electrons. The number of nitrogens with zero attached hydrogens (tertiary/aromatic N) is 1. The van der Waals surface area contributed by atoms with Gasteiger partial charge in [-0.3, -0.25) is 0 Å². The first kappa shape index (κ1) is 21.7. The molecule has 0 atom stereocenters. The highest BCUT2D eigenvalue weighted by molar-refractivity contribution is 7.90. The Hall–Kier alpha value is -3.00. The Morgan fingerprint density at radius 2 is 1.57 bits per heavy atom. The molecular formula is C22H25NO6S. The Kier molecular flexibility index (Phi) is 6.66. The van der Waals surface area contributed by atoms with Crippen LogP contribution in [-0.2, 0) is 16.4 Å². The number of rotatable bonds is 9. The number of hydrogen-bond donors (Lipinski definition) is 0. The van der Waals surface area contributed by atoms with E-state index in [1.165, 1.54) is 6.26 Å². The van der Waals surface area contributed by atoms with Gasteiger partial charge in [0.25, 0.3) is 0 Å². The predicted molar refractivity (Wildman–Crippen MR) is 113 cm³/mol. The van der Waals surface area contributed by atoms with Gasteiger partial charge in [0.1, 0.15) is 0 Å².